The highest BCUT2D eigenvalue weighted by molar-refractivity contribution is 5.86. The van der Waals surface area contributed by atoms with Gasteiger partial charge in [-0.25, -0.2) is 4.79 Å². The van der Waals surface area contributed by atoms with Crippen LogP contribution < -0.4 is 9.47 Å². The molecule has 0 unspecified atom stereocenters. The number of rotatable bonds is 8. The zero-order chi connectivity index (χ0) is 20.8. The van der Waals surface area contributed by atoms with E-state index in [9.17, 15) is 4.79 Å². The van der Waals surface area contributed by atoms with Crippen LogP contribution in [0, 0.1) is 0 Å². The van der Waals surface area contributed by atoms with Crippen LogP contribution in [0.4, 0.5) is 0 Å². The van der Waals surface area contributed by atoms with E-state index < -0.39 is 5.97 Å². The van der Waals surface area contributed by atoms with E-state index in [0.29, 0.717) is 36.0 Å². The molecule has 0 saturated heterocycles. The molecule has 0 atom stereocenters. The van der Waals surface area contributed by atoms with Crippen LogP contribution in [0.15, 0.2) is 89.5 Å². The molecule has 6 nitrogen and oxygen atoms in total. The SMILES string of the molecule is O=C(O)c1cc(-c2ccc(OCc3ccccc3)cc2OCc2ccccc2)no1. The van der Waals surface area contributed by atoms with E-state index in [0.717, 1.165) is 11.1 Å². The molecule has 30 heavy (non-hydrogen) atoms. The molecule has 0 spiro atoms. The number of carboxylic acids is 1. The first kappa shape index (κ1) is 19.3. The van der Waals surface area contributed by atoms with Gasteiger partial charge in [-0.15, -0.1) is 0 Å². The lowest BCUT2D eigenvalue weighted by Gasteiger charge is -2.13. The molecule has 1 N–H and O–H groups in total. The molecule has 0 aliphatic heterocycles. The lowest BCUT2D eigenvalue weighted by atomic mass is 10.1. The summed E-state index contributed by atoms with van der Waals surface area (Å²) in [5.41, 5.74) is 3.06. The number of aromatic carboxylic acids is 1. The molecule has 0 bridgehead atoms. The highest BCUT2D eigenvalue weighted by Gasteiger charge is 2.17. The van der Waals surface area contributed by atoms with Gasteiger partial charge < -0.3 is 19.1 Å². The van der Waals surface area contributed by atoms with Gasteiger partial charge in [0.2, 0.25) is 5.76 Å². The zero-order valence-corrected chi connectivity index (χ0v) is 16.0. The fourth-order valence-corrected chi connectivity index (χ4v) is 2.90. The van der Waals surface area contributed by atoms with Crippen molar-refractivity contribution in [2.45, 2.75) is 13.2 Å². The smallest absolute Gasteiger partial charge is 0.374 e. The summed E-state index contributed by atoms with van der Waals surface area (Å²) in [4.78, 5) is 11.1. The van der Waals surface area contributed by atoms with Crippen LogP contribution >= 0.6 is 0 Å². The van der Waals surface area contributed by atoms with Gasteiger partial charge >= 0.3 is 5.97 Å². The molecule has 0 saturated carbocycles. The van der Waals surface area contributed by atoms with Gasteiger partial charge in [-0.1, -0.05) is 65.8 Å². The molecule has 0 amide bonds. The number of benzene rings is 3. The van der Waals surface area contributed by atoms with Crippen molar-refractivity contribution in [3.8, 4) is 22.8 Å². The van der Waals surface area contributed by atoms with Crippen LogP contribution in [0.3, 0.4) is 0 Å². The third-order valence-electron chi connectivity index (χ3n) is 4.44. The second kappa shape index (κ2) is 8.96. The van der Waals surface area contributed by atoms with Gasteiger partial charge in [0.25, 0.3) is 0 Å². The molecular weight excluding hydrogens is 382 g/mol. The molecule has 150 valence electrons. The minimum Gasteiger partial charge on any atom is -0.489 e. The highest BCUT2D eigenvalue weighted by Crippen LogP contribution is 2.34. The standard InChI is InChI=1S/C24H19NO5/c26-24(27)23-14-21(25-30-23)20-12-11-19(28-15-17-7-3-1-4-8-17)13-22(20)29-16-18-9-5-2-6-10-18/h1-14H,15-16H2,(H,26,27). The Hall–Kier alpha value is -4.06. The average molecular weight is 401 g/mol. The highest BCUT2D eigenvalue weighted by atomic mass is 16.5. The molecule has 1 heterocycles. The largest absolute Gasteiger partial charge is 0.489 e. The fourth-order valence-electron chi connectivity index (χ4n) is 2.90. The van der Waals surface area contributed by atoms with Crippen molar-refractivity contribution < 1.29 is 23.9 Å². The van der Waals surface area contributed by atoms with Crippen LogP contribution in [0.5, 0.6) is 11.5 Å². The van der Waals surface area contributed by atoms with E-state index in [1.165, 1.54) is 6.07 Å². The van der Waals surface area contributed by atoms with Gasteiger partial charge in [0.15, 0.2) is 0 Å². The van der Waals surface area contributed by atoms with Crippen molar-refractivity contribution >= 4 is 5.97 Å². The Balaban J connectivity index is 1.59. The topological polar surface area (TPSA) is 81.8 Å². The van der Waals surface area contributed by atoms with E-state index in [-0.39, 0.29) is 5.76 Å². The predicted molar refractivity (Wildman–Crippen MR) is 110 cm³/mol. The number of hydrogen-bond donors (Lipinski definition) is 1. The van der Waals surface area contributed by atoms with Crippen molar-refractivity contribution in [3.05, 3.63) is 102 Å². The molecule has 0 aliphatic carbocycles. The van der Waals surface area contributed by atoms with Crippen LogP contribution in [-0.4, -0.2) is 16.2 Å². The molecule has 4 rings (SSSR count). The Labute approximate surface area is 173 Å². The van der Waals surface area contributed by atoms with Gasteiger partial charge in [-0.2, -0.15) is 0 Å². The Morgan fingerprint density at radius 2 is 1.47 bits per heavy atom. The monoisotopic (exact) mass is 401 g/mol. The minimum absolute atomic E-state index is 0.233. The third-order valence-corrected chi connectivity index (χ3v) is 4.44. The molecule has 6 heteroatoms. The average Bonchev–Trinajstić information content (AvgIpc) is 3.28. The maximum atomic E-state index is 11.1. The summed E-state index contributed by atoms with van der Waals surface area (Å²) in [6, 6.07) is 26.3. The molecule has 4 aromatic rings. The van der Waals surface area contributed by atoms with Crippen molar-refractivity contribution in [2.24, 2.45) is 0 Å². The van der Waals surface area contributed by atoms with Crippen molar-refractivity contribution in [2.75, 3.05) is 0 Å². The number of aromatic nitrogens is 1. The molecular formula is C24H19NO5. The summed E-state index contributed by atoms with van der Waals surface area (Å²) in [6.45, 7) is 0.769. The molecule has 0 radical (unpaired) electrons. The second-order valence-electron chi connectivity index (χ2n) is 6.59. The van der Waals surface area contributed by atoms with E-state index in [4.69, 9.17) is 19.1 Å². The van der Waals surface area contributed by atoms with E-state index in [2.05, 4.69) is 5.16 Å². The van der Waals surface area contributed by atoms with Crippen molar-refractivity contribution in [1.82, 2.24) is 5.16 Å². The van der Waals surface area contributed by atoms with E-state index in [1.54, 1.807) is 18.2 Å². The lowest BCUT2D eigenvalue weighted by Crippen LogP contribution is -1.99. The minimum atomic E-state index is -1.18. The van der Waals surface area contributed by atoms with Crippen LogP contribution in [0.2, 0.25) is 0 Å². The van der Waals surface area contributed by atoms with Gasteiger partial charge in [0.1, 0.15) is 30.4 Å². The summed E-state index contributed by atoms with van der Waals surface area (Å²) in [7, 11) is 0. The maximum absolute atomic E-state index is 11.1. The Bertz CT molecular complexity index is 1120. The quantitative estimate of drug-likeness (QED) is 0.437. The summed E-state index contributed by atoms with van der Waals surface area (Å²) in [5.74, 6) is -0.256. The zero-order valence-electron chi connectivity index (χ0n) is 16.0. The van der Waals surface area contributed by atoms with Gasteiger partial charge in [0.05, 0.1) is 0 Å². The molecule has 3 aromatic carbocycles. The normalized spacial score (nSPS) is 10.5. The predicted octanol–water partition coefficient (Wildman–Crippen LogP) is 5.20. The molecule has 1 aromatic heterocycles. The third kappa shape index (κ3) is 4.67. The maximum Gasteiger partial charge on any atom is 0.374 e. The lowest BCUT2D eigenvalue weighted by molar-refractivity contribution is 0.0652. The Morgan fingerprint density at radius 3 is 2.07 bits per heavy atom. The second-order valence-corrected chi connectivity index (χ2v) is 6.59. The van der Waals surface area contributed by atoms with Crippen molar-refractivity contribution in [3.63, 3.8) is 0 Å². The van der Waals surface area contributed by atoms with Gasteiger partial charge in [-0.3, -0.25) is 0 Å². The van der Waals surface area contributed by atoms with Crippen LogP contribution in [0.1, 0.15) is 21.7 Å². The first-order valence-corrected chi connectivity index (χ1v) is 9.37. The molecule has 0 aliphatic rings. The number of carboxylic acid groups (broad SMARTS) is 1. The van der Waals surface area contributed by atoms with Crippen molar-refractivity contribution in [1.29, 1.82) is 0 Å². The van der Waals surface area contributed by atoms with E-state index in [1.807, 2.05) is 60.7 Å². The van der Waals surface area contributed by atoms with Crippen LogP contribution in [0.25, 0.3) is 11.3 Å². The van der Waals surface area contributed by atoms with E-state index >= 15 is 0 Å². The summed E-state index contributed by atoms with van der Waals surface area (Å²) >= 11 is 0. The number of ether oxygens (including phenoxy) is 2. The fraction of sp³-hybridized carbons (Fsp3) is 0.0833. The summed E-state index contributed by atoms with van der Waals surface area (Å²) in [6.07, 6.45) is 0. The number of hydrogen-bond acceptors (Lipinski definition) is 5. The Morgan fingerprint density at radius 1 is 0.833 bits per heavy atom. The Kier molecular flexibility index (Phi) is 5.75. The molecule has 0 fully saturated rings. The van der Waals surface area contributed by atoms with Gasteiger partial charge in [-0.05, 0) is 23.3 Å². The number of carbonyl (C=O) groups is 1. The number of nitrogens with zero attached hydrogens (tertiary/aromatic N) is 1. The van der Waals surface area contributed by atoms with Gasteiger partial charge in [0, 0.05) is 17.7 Å². The van der Waals surface area contributed by atoms with Crippen LogP contribution in [-0.2, 0) is 13.2 Å². The summed E-state index contributed by atoms with van der Waals surface area (Å²) in [5, 5.41) is 13.0. The first-order chi connectivity index (χ1) is 14.7. The summed E-state index contributed by atoms with van der Waals surface area (Å²) < 4.78 is 16.8. The first-order valence-electron chi connectivity index (χ1n) is 9.37.